The van der Waals surface area contributed by atoms with Gasteiger partial charge in [0.15, 0.2) is 0 Å². The molecule has 0 aliphatic heterocycles. The number of anilines is 1. The van der Waals surface area contributed by atoms with Crippen LogP contribution in [0, 0.1) is 0 Å². The maximum absolute atomic E-state index is 6.07. The van der Waals surface area contributed by atoms with Crippen molar-refractivity contribution < 1.29 is 4.74 Å². The molecule has 0 radical (unpaired) electrons. The molecule has 3 rings (SSSR count). The predicted octanol–water partition coefficient (Wildman–Crippen LogP) is 3.30. The van der Waals surface area contributed by atoms with Crippen LogP contribution in [0.4, 0.5) is 5.95 Å². The molecule has 2 aromatic heterocycles. The van der Waals surface area contributed by atoms with E-state index in [0.29, 0.717) is 5.95 Å². The van der Waals surface area contributed by atoms with Crippen molar-refractivity contribution >= 4 is 28.3 Å². The third-order valence-corrected chi connectivity index (χ3v) is 4.31. The molecule has 0 aliphatic carbocycles. The molecule has 1 aromatic carbocycles. The zero-order valence-electron chi connectivity index (χ0n) is 10.8. The zero-order chi connectivity index (χ0) is 13.4. The van der Waals surface area contributed by atoms with Crippen molar-refractivity contribution in [1.29, 1.82) is 0 Å². The Balaban J connectivity index is 2.19. The Labute approximate surface area is 115 Å². The number of imidazole rings is 1. The Hall–Kier alpha value is -2.01. The topological polar surface area (TPSA) is 53.1 Å². The molecule has 0 saturated carbocycles. The van der Waals surface area contributed by atoms with Crippen LogP contribution in [0.1, 0.15) is 17.8 Å². The summed E-state index contributed by atoms with van der Waals surface area (Å²) in [6, 6.07) is 10.1. The SMILES string of the molecule is COc1ccc2nc(N)n(C(C)c3cccs3)c2c1. The lowest BCUT2D eigenvalue weighted by Crippen LogP contribution is -2.08. The highest BCUT2D eigenvalue weighted by Gasteiger charge is 2.16. The second kappa shape index (κ2) is 4.59. The highest BCUT2D eigenvalue weighted by molar-refractivity contribution is 7.10. The Morgan fingerprint density at radius 2 is 2.21 bits per heavy atom. The van der Waals surface area contributed by atoms with Crippen LogP contribution in [0.25, 0.3) is 11.0 Å². The highest BCUT2D eigenvalue weighted by Crippen LogP contribution is 2.31. The van der Waals surface area contributed by atoms with Crippen LogP contribution in [-0.4, -0.2) is 16.7 Å². The molecule has 0 fully saturated rings. The first-order chi connectivity index (χ1) is 9.20. The van der Waals surface area contributed by atoms with Gasteiger partial charge in [-0.3, -0.25) is 0 Å². The molecular formula is C14H15N3OS. The van der Waals surface area contributed by atoms with Gasteiger partial charge in [0.1, 0.15) is 5.75 Å². The van der Waals surface area contributed by atoms with E-state index in [1.165, 1.54) is 4.88 Å². The molecule has 2 heterocycles. The van der Waals surface area contributed by atoms with Crippen molar-refractivity contribution in [1.82, 2.24) is 9.55 Å². The number of nitrogens with two attached hydrogens (primary N) is 1. The van der Waals surface area contributed by atoms with Crippen LogP contribution in [0.5, 0.6) is 5.75 Å². The molecule has 19 heavy (non-hydrogen) atoms. The number of nitrogens with zero attached hydrogens (tertiary/aromatic N) is 2. The fourth-order valence-corrected chi connectivity index (χ4v) is 3.06. The molecule has 5 heteroatoms. The standard InChI is InChI=1S/C14H15N3OS/c1-9(13-4-3-7-19-13)17-12-8-10(18-2)5-6-11(12)16-14(17)15/h3-9H,1-2H3,(H2,15,16). The van der Waals surface area contributed by atoms with E-state index in [2.05, 4.69) is 23.4 Å². The lowest BCUT2D eigenvalue weighted by Gasteiger charge is -2.14. The second-order valence-electron chi connectivity index (χ2n) is 4.39. The first kappa shape index (κ1) is 12.0. The van der Waals surface area contributed by atoms with Crippen LogP contribution in [0.15, 0.2) is 35.7 Å². The maximum atomic E-state index is 6.07. The van der Waals surface area contributed by atoms with E-state index in [1.54, 1.807) is 18.4 Å². The number of rotatable bonds is 3. The van der Waals surface area contributed by atoms with Gasteiger partial charge in [0.2, 0.25) is 5.95 Å². The molecular weight excluding hydrogens is 258 g/mol. The van der Waals surface area contributed by atoms with Gasteiger partial charge in [0, 0.05) is 10.9 Å². The molecule has 0 amide bonds. The Morgan fingerprint density at radius 3 is 2.89 bits per heavy atom. The van der Waals surface area contributed by atoms with Crippen molar-refractivity contribution in [3.63, 3.8) is 0 Å². The molecule has 0 spiro atoms. The zero-order valence-corrected chi connectivity index (χ0v) is 11.6. The number of nitrogen functional groups attached to an aromatic ring is 1. The number of fused-ring (bicyclic) bond motifs is 1. The van der Waals surface area contributed by atoms with E-state index < -0.39 is 0 Å². The number of aromatic nitrogens is 2. The Bertz CT molecular complexity index is 703. The molecule has 3 aromatic rings. The lowest BCUT2D eigenvalue weighted by molar-refractivity contribution is 0.415. The van der Waals surface area contributed by atoms with E-state index in [9.17, 15) is 0 Å². The summed E-state index contributed by atoms with van der Waals surface area (Å²) in [7, 11) is 1.66. The molecule has 1 unspecified atom stereocenters. The first-order valence-corrected chi connectivity index (χ1v) is 6.93. The van der Waals surface area contributed by atoms with Gasteiger partial charge in [-0.05, 0) is 30.5 Å². The fraction of sp³-hybridized carbons (Fsp3) is 0.214. The number of ether oxygens (including phenoxy) is 1. The summed E-state index contributed by atoms with van der Waals surface area (Å²) in [5.74, 6) is 1.34. The summed E-state index contributed by atoms with van der Waals surface area (Å²) < 4.78 is 7.32. The lowest BCUT2D eigenvalue weighted by atomic mass is 10.2. The number of methoxy groups -OCH3 is 1. The quantitative estimate of drug-likeness (QED) is 0.796. The van der Waals surface area contributed by atoms with E-state index in [4.69, 9.17) is 10.5 Å². The van der Waals surface area contributed by atoms with Crippen LogP contribution in [0.3, 0.4) is 0 Å². The molecule has 0 bridgehead atoms. The van der Waals surface area contributed by atoms with Crippen molar-refractivity contribution in [2.24, 2.45) is 0 Å². The average molecular weight is 273 g/mol. The largest absolute Gasteiger partial charge is 0.497 e. The second-order valence-corrected chi connectivity index (χ2v) is 5.37. The summed E-state index contributed by atoms with van der Waals surface area (Å²) >= 11 is 1.72. The van der Waals surface area contributed by atoms with Crippen molar-refractivity contribution in [3.8, 4) is 5.75 Å². The van der Waals surface area contributed by atoms with Crippen molar-refractivity contribution in [2.75, 3.05) is 12.8 Å². The van der Waals surface area contributed by atoms with Gasteiger partial charge in [-0.2, -0.15) is 0 Å². The summed E-state index contributed by atoms with van der Waals surface area (Å²) in [6.07, 6.45) is 0. The minimum atomic E-state index is 0.164. The van der Waals surface area contributed by atoms with E-state index in [-0.39, 0.29) is 6.04 Å². The maximum Gasteiger partial charge on any atom is 0.201 e. The molecule has 2 N–H and O–H groups in total. The van der Waals surface area contributed by atoms with Crippen molar-refractivity contribution in [3.05, 3.63) is 40.6 Å². The Kier molecular flexibility index (Phi) is 2.91. The third-order valence-electron chi connectivity index (χ3n) is 3.27. The number of hydrogen-bond donors (Lipinski definition) is 1. The molecule has 4 nitrogen and oxygen atoms in total. The summed E-state index contributed by atoms with van der Waals surface area (Å²) in [5, 5.41) is 2.07. The molecule has 98 valence electrons. The van der Waals surface area contributed by atoms with E-state index in [0.717, 1.165) is 16.8 Å². The van der Waals surface area contributed by atoms with Crippen LogP contribution < -0.4 is 10.5 Å². The smallest absolute Gasteiger partial charge is 0.201 e. The van der Waals surface area contributed by atoms with E-state index >= 15 is 0 Å². The Morgan fingerprint density at radius 1 is 1.37 bits per heavy atom. The number of hydrogen-bond acceptors (Lipinski definition) is 4. The van der Waals surface area contributed by atoms with Gasteiger partial charge in [-0.1, -0.05) is 6.07 Å². The van der Waals surface area contributed by atoms with Gasteiger partial charge in [-0.15, -0.1) is 11.3 Å². The van der Waals surface area contributed by atoms with Gasteiger partial charge in [0.05, 0.1) is 24.2 Å². The minimum absolute atomic E-state index is 0.164. The average Bonchev–Trinajstić information content (AvgIpc) is 3.03. The fourth-order valence-electron chi connectivity index (χ4n) is 2.28. The van der Waals surface area contributed by atoms with Gasteiger partial charge in [0.25, 0.3) is 0 Å². The summed E-state index contributed by atoms with van der Waals surface area (Å²) in [6.45, 7) is 2.13. The van der Waals surface area contributed by atoms with Crippen LogP contribution in [-0.2, 0) is 0 Å². The predicted molar refractivity (Wildman–Crippen MR) is 78.8 cm³/mol. The third kappa shape index (κ3) is 1.96. The van der Waals surface area contributed by atoms with Gasteiger partial charge >= 0.3 is 0 Å². The monoisotopic (exact) mass is 273 g/mol. The number of thiophene rings is 1. The number of benzene rings is 1. The van der Waals surface area contributed by atoms with E-state index in [1.807, 2.05) is 28.8 Å². The normalized spacial score (nSPS) is 12.7. The summed E-state index contributed by atoms with van der Waals surface area (Å²) in [4.78, 5) is 5.67. The van der Waals surface area contributed by atoms with Crippen molar-refractivity contribution in [2.45, 2.75) is 13.0 Å². The highest BCUT2D eigenvalue weighted by atomic mass is 32.1. The first-order valence-electron chi connectivity index (χ1n) is 6.05. The minimum Gasteiger partial charge on any atom is -0.497 e. The van der Waals surface area contributed by atoms with Gasteiger partial charge < -0.3 is 15.0 Å². The molecule has 1 atom stereocenters. The van der Waals surface area contributed by atoms with Gasteiger partial charge in [-0.25, -0.2) is 4.98 Å². The van der Waals surface area contributed by atoms with Crippen LogP contribution in [0.2, 0.25) is 0 Å². The van der Waals surface area contributed by atoms with Crippen LogP contribution >= 0.6 is 11.3 Å². The molecule has 0 saturated heterocycles. The molecule has 0 aliphatic rings. The summed E-state index contributed by atoms with van der Waals surface area (Å²) in [5.41, 5.74) is 7.96.